The largest absolute Gasteiger partial charge is 0.392 e. The maximum atomic E-state index is 12.1. The highest BCUT2D eigenvalue weighted by Crippen LogP contribution is 2.18. The van der Waals surface area contributed by atoms with Gasteiger partial charge in [-0.1, -0.05) is 25.5 Å². The zero-order valence-electron chi connectivity index (χ0n) is 11.1. The molecule has 1 unspecified atom stereocenters. The van der Waals surface area contributed by atoms with Crippen molar-refractivity contribution in [1.82, 2.24) is 4.90 Å². The molecule has 0 aliphatic carbocycles. The molecule has 19 heavy (non-hydrogen) atoms. The number of aliphatic hydroxyl groups excluding tert-OH is 1. The van der Waals surface area contributed by atoms with Crippen molar-refractivity contribution in [3.63, 3.8) is 0 Å². The van der Waals surface area contributed by atoms with E-state index < -0.39 is 0 Å². The molecule has 2 heterocycles. The van der Waals surface area contributed by atoms with Gasteiger partial charge < -0.3 is 10.0 Å². The van der Waals surface area contributed by atoms with Crippen LogP contribution in [0.3, 0.4) is 0 Å². The molecule has 0 fully saturated rings. The maximum absolute atomic E-state index is 12.1. The van der Waals surface area contributed by atoms with Crippen molar-refractivity contribution in [2.45, 2.75) is 32.4 Å². The number of carbonyl (C=O) groups excluding carboxylic acids is 1. The van der Waals surface area contributed by atoms with E-state index >= 15 is 0 Å². The number of hydrogen-bond acceptors (Lipinski definition) is 3. The van der Waals surface area contributed by atoms with E-state index in [4.69, 9.17) is 5.11 Å². The minimum absolute atomic E-state index is 0.0485. The summed E-state index contributed by atoms with van der Waals surface area (Å²) in [6.07, 6.45) is 9.72. The highest BCUT2D eigenvalue weighted by Gasteiger charge is 2.21. The topological polar surface area (TPSA) is 40.5 Å². The molecule has 0 spiro atoms. The summed E-state index contributed by atoms with van der Waals surface area (Å²) in [4.78, 5) is 15.0. The van der Waals surface area contributed by atoms with Crippen LogP contribution in [0.4, 0.5) is 0 Å². The van der Waals surface area contributed by atoms with E-state index in [1.54, 1.807) is 6.08 Å². The van der Waals surface area contributed by atoms with Crippen molar-refractivity contribution in [2.75, 3.05) is 6.54 Å². The van der Waals surface area contributed by atoms with Crippen molar-refractivity contribution in [3.8, 4) is 0 Å². The second-order valence-corrected chi connectivity index (χ2v) is 5.57. The quantitative estimate of drug-likeness (QED) is 0.664. The Bertz CT molecular complexity index is 490. The molecule has 1 atom stereocenters. The highest BCUT2D eigenvalue weighted by atomic mass is 32.1. The van der Waals surface area contributed by atoms with Crippen LogP contribution in [-0.4, -0.2) is 28.5 Å². The molecule has 1 aliphatic heterocycles. The summed E-state index contributed by atoms with van der Waals surface area (Å²) in [5.41, 5.74) is 0.892. The van der Waals surface area contributed by atoms with Gasteiger partial charge in [0.05, 0.1) is 12.6 Å². The molecule has 1 aromatic heterocycles. The number of hydrogen-bond donors (Lipinski definition) is 1. The molecule has 1 aliphatic rings. The molecule has 1 aromatic rings. The maximum Gasteiger partial charge on any atom is 0.247 e. The molecule has 0 radical (unpaired) electrons. The smallest absolute Gasteiger partial charge is 0.247 e. The standard InChI is InChI=1S/C15H19NO2S/c1-2-4-13-5-3-8-16(13)15(18)7-6-14-9-12(10-17)11-19-14/h3,5-7,9,11,13,17H,2,4,8,10H2,1H3/b7-6+. The van der Waals surface area contributed by atoms with Crippen molar-refractivity contribution in [3.05, 3.63) is 40.1 Å². The first-order valence-corrected chi connectivity index (χ1v) is 7.46. The van der Waals surface area contributed by atoms with Crippen LogP contribution in [0.1, 0.15) is 30.2 Å². The lowest BCUT2D eigenvalue weighted by Gasteiger charge is -2.22. The van der Waals surface area contributed by atoms with Gasteiger partial charge in [-0.15, -0.1) is 11.3 Å². The Morgan fingerprint density at radius 2 is 2.47 bits per heavy atom. The third-order valence-corrected chi connectivity index (χ3v) is 4.12. The van der Waals surface area contributed by atoms with E-state index in [1.165, 1.54) is 11.3 Å². The van der Waals surface area contributed by atoms with Crippen LogP contribution in [0, 0.1) is 0 Å². The molecule has 0 saturated carbocycles. The molecule has 0 saturated heterocycles. The Labute approximate surface area is 117 Å². The van der Waals surface area contributed by atoms with Crippen LogP contribution >= 0.6 is 11.3 Å². The predicted octanol–water partition coefficient (Wildman–Crippen LogP) is 2.82. The van der Waals surface area contributed by atoms with Crippen LogP contribution in [0.2, 0.25) is 0 Å². The molecule has 0 bridgehead atoms. The minimum atomic E-state index is 0.0485. The van der Waals surface area contributed by atoms with Gasteiger partial charge in [-0.05, 0) is 29.5 Å². The van der Waals surface area contributed by atoms with Gasteiger partial charge in [0, 0.05) is 17.5 Å². The third kappa shape index (κ3) is 3.55. The fourth-order valence-corrected chi connectivity index (χ4v) is 2.98. The number of thiophene rings is 1. The number of carbonyl (C=O) groups is 1. The molecule has 2 rings (SSSR count). The lowest BCUT2D eigenvalue weighted by atomic mass is 10.1. The van der Waals surface area contributed by atoms with Crippen LogP contribution < -0.4 is 0 Å². The Morgan fingerprint density at radius 3 is 3.16 bits per heavy atom. The SMILES string of the molecule is CCCC1C=CCN1C(=O)/C=C/c1cc(CO)cs1. The summed E-state index contributed by atoms with van der Waals surface area (Å²) in [5.74, 6) is 0.0578. The summed E-state index contributed by atoms with van der Waals surface area (Å²) in [5, 5.41) is 10.9. The van der Waals surface area contributed by atoms with Gasteiger partial charge in [0.15, 0.2) is 0 Å². The van der Waals surface area contributed by atoms with Crippen LogP contribution in [0.5, 0.6) is 0 Å². The van der Waals surface area contributed by atoms with Gasteiger partial charge in [-0.3, -0.25) is 4.79 Å². The Balaban J connectivity index is 1.96. The first-order valence-electron chi connectivity index (χ1n) is 6.58. The van der Waals surface area contributed by atoms with Gasteiger partial charge in [0.25, 0.3) is 0 Å². The summed E-state index contributed by atoms with van der Waals surface area (Å²) >= 11 is 1.54. The number of aliphatic hydroxyl groups is 1. The summed E-state index contributed by atoms with van der Waals surface area (Å²) in [6, 6.07) is 2.15. The van der Waals surface area contributed by atoms with Crippen LogP contribution in [0.25, 0.3) is 6.08 Å². The fourth-order valence-electron chi connectivity index (χ4n) is 2.19. The predicted molar refractivity (Wildman–Crippen MR) is 78.8 cm³/mol. The second-order valence-electron chi connectivity index (χ2n) is 4.62. The highest BCUT2D eigenvalue weighted by molar-refractivity contribution is 7.11. The van der Waals surface area contributed by atoms with E-state index in [0.717, 1.165) is 23.3 Å². The Kier molecular flexibility index (Phi) is 4.93. The van der Waals surface area contributed by atoms with E-state index in [9.17, 15) is 4.79 Å². The monoisotopic (exact) mass is 277 g/mol. The van der Waals surface area contributed by atoms with Gasteiger partial charge in [0.1, 0.15) is 0 Å². The van der Waals surface area contributed by atoms with Crippen LogP contribution in [0.15, 0.2) is 29.7 Å². The number of amides is 1. The first kappa shape index (κ1) is 14.0. The fraction of sp³-hybridized carbons (Fsp3) is 0.400. The van der Waals surface area contributed by atoms with Gasteiger partial charge in [0.2, 0.25) is 5.91 Å². The molecule has 4 heteroatoms. The number of nitrogens with zero attached hydrogens (tertiary/aromatic N) is 1. The van der Waals surface area contributed by atoms with Gasteiger partial charge >= 0.3 is 0 Å². The average molecular weight is 277 g/mol. The van der Waals surface area contributed by atoms with E-state index in [-0.39, 0.29) is 18.6 Å². The van der Waals surface area contributed by atoms with Crippen molar-refractivity contribution < 1.29 is 9.90 Å². The van der Waals surface area contributed by atoms with Crippen molar-refractivity contribution in [1.29, 1.82) is 0 Å². The molecule has 1 amide bonds. The third-order valence-electron chi connectivity index (χ3n) is 3.17. The lowest BCUT2D eigenvalue weighted by Crippen LogP contribution is -2.34. The molecule has 102 valence electrons. The first-order chi connectivity index (χ1) is 9.24. The lowest BCUT2D eigenvalue weighted by molar-refractivity contribution is -0.126. The summed E-state index contributed by atoms with van der Waals surface area (Å²) in [6.45, 7) is 2.89. The van der Waals surface area contributed by atoms with E-state index in [0.29, 0.717) is 6.54 Å². The molecular formula is C15H19NO2S. The van der Waals surface area contributed by atoms with Crippen molar-refractivity contribution in [2.24, 2.45) is 0 Å². The Morgan fingerprint density at radius 1 is 1.63 bits per heavy atom. The normalized spacial score (nSPS) is 18.6. The summed E-state index contributed by atoms with van der Waals surface area (Å²) in [7, 11) is 0. The van der Waals surface area contributed by atoms with Gasteiger partial charge in [-0.25, -0.2) is 0 Å². The second kappa shape index (κ2) is 6.68. The average Bonchev–Trinajstić information content (AvgIpc) is 3.05. The van der Waals surface area contributed by atoms with Crippen molar-refractivity contribution >= 4 is 23.3 Å². The number of rotatable bonds is 5. The molecule has 1 N–H and O–H groups in total. The molecule has 0 aromatic carbocycles. The summed E-state index contributed by atoms with van der Waals surface area (Å²) < 4.78 is 0. The van der Waals surface area contributed by atoms with E-state index in [2.05, 4.69) is 19.1 Å². The minimum Gasteiger partial charge on any atom is -0.392 e. The zero-order chi connectivity index (χ0) is 13.7. The Hall–Kier alpha value is -1.39. The van der Waals surface area contributed by atoms with Gasteiger partial charge in [-0.2, -0.15) is 0 Å². The zero-order valence-corrected chi connectivity index (χ0v) is 11.9. The molecular weight excluding hydrogens is 258 g/mol. The van der Waals surface area contributed by atoms with Crippen LogP contribution in [-0.2, 0) is 11.4 Å². The van der Waals surface area contributed by atoms with E-state index in [1.807, 2.05) is 22.4 Å². The molecule has 3 nitrogen and oxygen atoms in total.